The highest BCUT2D eigenvalue weighted by Crippen LogP contribution is 2.29. The first-order valence-corrected chi connectivity index (χ1v) is 7.02. The molecule has 1 aliphatic heterocycles. The van der Waals surface area contributed by atoms with Crippen molar-refractivity contribution in [3.05, 3.63) is 35.9 Å². The Hall–Kier alpha value is -1.60. The third-order valence-corrected chi connectivity index (χ3v) is 3.24. The molecule has 0 aromatic heterocycles. The second-order valence-corrected chi connectivity index (χ2v) is 4.97. The van der Waals surface area contributed by atoms with Gasteiger partial charge in [-0.3, -0.25) is 0 Å². The first-order chi connectivity index (χ1) is 10.3. The summed E-state index contributed by atoms with van der Waals surface area (Å²) in [6.07, 6.45) is -2.74. The molecule has 1 saturated heterocycles. The van der Waals surface area contributed by atoms with Crippen molar-refractivity contribution in [1.82, 2.24) is 5.32 Å². The van der Waals surface area contributed by atoms with E-state index in [0.29, 0.717) is 0 Å². The fourth-order valence-electron chi connectivity index (χ4n) is 1.90. The van der Waals surface area contributed by atoms with E-state index in [-0.39, 0.29) is 5.60 Å². The highest BCUT2D eigenvalue weighted by atomic mass is 19.4. The number of halogens is 3. The number of aliphatic carboxylic acids is 1. The zero-order chi connectivity index (χ0) is 16.6. The van der Waals surface area contributed by atoms with Crippen LogP contribution in [0.2, 0.25) is 0 Å². The second kappa shape index (κ2) is 8.14. The Labute approximate surface area is 127 Å². The number of alkyl halides is 3. The average molecular weight is 319 g/mol. The van der Waals surface area contributed by atoms with E-state index in [9.17, 15) is 13.2 Å². The first-order valence-electron chi connectivity index (χ1n) is 7.02. The summed E-state index contributed by atoms with van der Waals surface area (Å²) >= 11 is 0. The van der Waals surface area contributed by atoms with Crippen LogP contribution in [0.5, 0.6) is 0 Å². The molecule has 4 nitrogen and oxygen atoms in total. The summed E-state index contributed by atoms with van der Waals surface area (Å²) in [5, 5.41) is 10.4. The third kappa shape index (κ3) is 5.31. The van der Waals surface area contributed by atoms with Gasteiger partial charge in [0.2, 0.25) is 0 Å². The maximum Gasteiger partial charge on any atom is 0.490 e. The van der Waals surface area contributed by atoms with Crippen LogP contribution in [0.1, 0.15) is 25.3 Å². The van der Waals surface area contributed by atoms with Gasteiger partial charge in [-0.2, -0.15) is 13.2 Å². The third-order valence-electron chi connectivity index (χ3n) is 3.24. The molecule has 0 saturated carbocycles. The van der Waals surface area contributed by atoms with Gasteiger partial charge in [-0.15, -0.1) is 0 Å². The molecule has 1 fully saturated rings. The number of benzene rings is 1. The number of nitrogens with one attached hydrogen (secondary N) is 1. The fourth-order valence-corrected chi connectivity index (χ4v) is 1.90. The number of carboxylic acid groups (broad SMARTS) is 1. The van der Waals surface area contributed by atoms with Crippen LogP contribution in [0.3, 0.4) is 0 Å². The Morgan fingerprint density at radius 2 is 1.86 bits per heavy atom. The number of ether oxygens (including phenoxy) is 1. The van der Waals surface area contributed by atoms with Crippen molar-refractivity contribution in [2.24, 2.45) is 0 Å². The maximum absolute atomic E-state index is 10.6. The minimum absolute atomic E-state index is 0.0452. The van der Waals surface area contributed by atoms with Gasteiger partial charge in [0, 0.05) is 19.7 Å². The molecule has 1 aliphatic rings. The summed E-state index contributed by atoms with van der Waals surface area (Å²) in [5.41, 5.74) is 1.26. The Morgan fingerprint density at radius 3 is 2.23 bits per heavy atom. The molecule has 7 heteroatoms. The van der Waals surface area contributed by atoms with Crippen LogP contribution in [-0.2, 0) is 15.1 Å². The van der Waals surface area contributed by atoms with Crippen LogP contribution in [0.15, 0.2) is 30.3 Å². The molecule has 22 heavy (non-hydrogen) atoms. The van der Waals surface area contributed by atoms with E-state index >= 15 is 0 Å². The van der Waals surface area contributed by atoms with Gasteiger partial charge >= 0.3 is 12.1 Å². The highest BCUT2D eigenvalue weighted by molar-refractivity contribution is 5.73. The number of unbranched alkanes of at least 4 members (excludes halogenated alkanes) is 1. The van der Waals surface area contributed by atoms with E-state index in [1.54, 1.807) is 0 Å². The van der Waals surface area contributed by atoms with Crippen LogP contribution >= 0.6 is 0 Å². The lowest BCUT2D eigenvalue weighted by Crippen LogP contribution is -2.58. The molecule has 0 bridgehead atoms. The highest BCUT2D eigenvalue weighted by Gasteiger charge is 2.39. The summed E-state index contributed by atoms with van der Waals surface area (Å²) in [6.45, 7) is 4.95. The van der Waals surface area contributed by atoms with Gasteiger partial charge in [0.1, 0.15) is 5.60 Å². The topological polar surface area (TPSA) is 58.6 Å². The van der Waals surface area contributed by atoms with Crippen molar-refractivity contribution in [2.75, 3.05) is 19.7 Å². The Kier molecular flexibility index (Phi) is 6.83. The summed E-state index contributed by atoms with van der Waals surface area (Å²) in [6, 6.07) is 10.5. The normalized spacial score (nSPS) is 16.2. The molecule has 0 atom stereocenters. The van der Waals surface area contributed by atoms with Gasteiger partial charge in [0.15, 0.2) is 0 Å². The van der Waals surface area contributed by atoms with Crippen LogP contribution in [-0.4, -0.2) is 36.9 Å². The van der Waals surface area contributed by atoms with Crippen molar-refractivity contribution >= 4 is 5.97 Å². The molecule has 0 aliphatic carbocycles. The molecule has 1 aromatic rings. The molecular formula is C15H20F3NO3. The van der Waals surface area contributed by atoms with Crippen LogP contribution in [0, 0.1) is 0 Å². The van der Waals surface area contributed by atoms with Crippen molar-refractivity contribution in [3.63, 3.8) is 0 Å². The van der Waals surface area contributed by atoms with E-state index in [4.69, 9.17) is 14.6 Å². The zero-order valence-electron chi connectivity index (χ0n) is 12.3. The molecule has 1 aromatic carbocycles. The quantitative estimate of drug-likeness (QED) is 0.819. The zero-order valence-corrected chi connectivity index (χ0v) is 12.3. The summed E-state index contributed by atoms with van der Waals surface area (Å²) in [7, 11) is 0. The molecule has 2 rings (SSSR count). The van der Waals surface area contributed by atoms with Crippen LogP contribution < -0.4 is 5.32 Å². The van der Waals surface area contributed by atoms with E-state index < -0.39 is 12.1 Å². The predicted molar refractivity (Wildman–Crippen MR) is 75.5 cm³/mol. The number of hydrogen-bond acceptors (Lipinski definition) is 3. The van der Waals surface area contributed by atoms with Gasteiger partial charge in [0.05, 0.1) is 0 Å². The monoisotopic (exact) mass is 319 g/mol. The summed E-state index contributed by atoms with van der Waals surface area (Å²) < 4.78 is 37.8. The van der Waals surface area contributed by atoms with E-state index in [1.165, 1.54) is 12.0 Å². The average Bonchev–Trinajstić information content (AvgIpc) is 2.42. The van der Waals surface area contributed by atoms with Crippen molar-refractivity contribution in [1.29, 1.82) is 0 Å². The van der Waals surface area contributed by atoms with Gasteiger partial charge in [-0.05, 0) is 12.0 Å². The van der Waals surface area contributed by atoms with E-state index in [1.807, 2.05) is 0 Å². The van der Waals surface area contributed by atoms with Crippen molar-refractivity contribution in [2.45, 2.75) is 31.5 Å². The minimum Gasteiger partial charge on any atom is -0.475 e. The largest absolute Gasteiger partial charge is 0.490 e. The number of rotatable bonds is 5. The summed E-state index contributed by atoms with van der Waals surface area (Å²) in [4.78, 5) is 8.90. The molecule has 2 N–H and O–H groups in total. The molecule has 0 amide bonds. The lowest BCUT2D eigenvalue weighted by molar-refractivity contribution is -0.192. The van der Waals surface area contributed by atoms with Crippen molar-refractivity contribution < 1.29 is 27.8 Å². The first kappa shape index (κ1) is 18.4. The molecular weight excluding hydrogens is 299 g/mol. The fraction of sp³-hybridized carbons (Fsp3) is 0.533. The van der Waals surface area contributed by atoms with Gasteiger partial charge in [-0.25, -0.2) is 4.79 Å². The molecule has 1 heterocycles. The summed E-state index contributed by atoms with van der Waals surface area (Å²) in [5.74, 6) is -2.76. The van der Waals surface area contributed by atoms with Gasteiger partial charge < -0.3 is 15.2 Å². The standard InChI is InChI=1S/C13H19NO.C2HF3O2/c1-2-3-9-15-13(10-14-11-13)12-7-5-4-6-8-12;3-2(4,5)1(6)7/h4-8,14H,2-3,9-11H2,1H3;(H,6,7). The number of hydrogen-bond donors (Lipinski definition) is 2. The van der Waals surface area contributed by atoms with Crippen LogP contribution in [0.4, 0.5) is 13.2 Å². The Morgan fingerprint density at radius 1 is 1.32 bits per heavy atom. The van der Waals surface area contributed by atoms with E-state index in [0.717, 1.165) is 26.1 Å². The maximum atomic E-state index is 10.6. The molecule has 124 valence electrons. The number of carboxylic acids is 1. The molecule has 0 radical (unpaired) electrons. The Bertz CT molecular complexity index is 459. The Balaban J connectivity index is 0.000000295. The lowest BCUT2D eigenvalue weighted by atomic mass is 9.88. The smallest absolute Gasteiger partial charge is 0.475 e. The number of carbonyl (C=O) groups is 1. The molecule has 0 unspecified atom stereocenters. The second-order valence-electron chi connectivity index (χ2n) is 4.97. The van der Waals surface area contributed by atoms with Gasteiger partial charge in [-0.1, -0.05) is 43.7 Å². The van der Waals surface area contributed by atoms with Crippen LogP contribution in [0.25, 0.3) is 0 Å². The van der Waals surface area contributed by atoms with Gasteiger partial charge in [0.25, 0.3) is 0 Å². The SMILES string of the molecule is CCCCOC1(c2ccccc2)CNC1.O=C(O)C(F)(F)F. The van der Waals surface area contributed by atoms with E-state index in [2.05, 4.69) is 42.6 Å². The lowest BCUT2D eigenvalue weighted by Gasteiger charge is -2.42. The molecule has 0 spiro atoms. The minimum atomic E-state index is -5.08. The predicted octanol–water partition coefficient (Wildman–Crippen LogP) is 2.94. The van der Waals surface area contributed by atoms with Crippen molar-refractivity contribution in [3.8, 4) is 0 Å².